The summed E-state index contributed by atoms with van der Waals surface area (Å²) in [7, 11) is 0. The van der Waals surface area contributed by atoms with Crippen LogP contribution in [0.3, 0.4) is 0 Å². The summed E-state index contributed by atoms with van der Waals surface area (Å²) in [5.74, 6) is 0. The first-order chi connectivity index (χ1) is 20.9. The van der Waals surface area contributed by atoms with Gasteiger partial charge in [0, 0.05) is 21.2 Å². The average molecular weight is 552 g/mol. The number of thiophene rings is 1. The molecule has 0 radical (unpaired) electrons. The van der Waals surface area contributed by atoms with Crippen molar-refractivity contribution in [2.24, 2.45) is 0 Å². The van der Waals surface area contributed by atoms with Gasteiger partial charge in [0.2, 0.25) is 0 Å². The van der Waals surface area contributed by atoms with E-state index in [4.69, 9.17) is 0 Å². The quantitative estimate of drug-likeness (QED) is 0.192. The van der Waals surface area contributed by atoms with Gasteiger partial charge in [-0.05, 0) is 68.1 Å². The lowest BCUT2D eigenvalue weighted by atomic mass is 9.86. The van der Waals surface area contributed by atoms with Crippen molar-refractivity contribution < 1.29 is 0 Å². The van der Waals surface area contributed by atoms with E-state index in [1.807, 2.05) is 11.3 Å². The van der Waals surface area contributed by atoms with E-state index in [1.165, 1.54) is 80.7 Å². The van der Waals surface area contributed by atoms with Gasteiger partial charge in [0.1, 0.15) is 0 Å². The highest BCUT2D eigenvalue weighted by Gasteiger charge is 2.20. The van der Waals surface area contributed by atoms with Crippen molar-refractivity contribution in [3.63, 3.8) is 0 Å². The highest BCUT2D eigenvalue weighted by Crippen LogP contribution is 2.46. The molecule has 0 amide bonds. The maximum Gasteiger partial charge on any atom is 0.0727 e. The lowest BCUT2D eigenvalue weighted by molar-refractivity contribution is 1.19. The number of hydrogen-bond acceptors (Lipinski definition) is 1. The number of rotatable bonds is 3. The van der Waals surface area contributed by atoms with Gasteiger partial charge < -0.3 is 4.57 Å². The summed E-state index contributed by atoms with van der Waals surface area (Å²) >= 11 is 1.89. The van der Waals surface area contributed by atoms with Crippen LogP contribution in [0, 0.1) is 0 Å². The van der Waals surface area contributed by atoms with Crippen LogP contribution in [0.4, 0.5) is 0 Å². The summed E-state index contributed by atoms with van der Waals surface area (Å²) < 4.78 is 5.14. The first-order valence-electron chi connectivity index (χ1n) is 14.4. The predicted molar refractivity (Wildman–Crippen MR) is 182 cm³/mol. The molecule has 0 aliphatic rings. The Labute approximate surface area is 247 Å². The molecule has 196 valence electrons. The van der Waals surface area contributed by atoms with Gasteiger partial charge in [0.25, 0.3) is 0 Å². The molecule has 0 atom stereocenters. The standard InChI is InChI=1S/C40H25NS/c1-3-13-26(14-4-1)37-29-17-7-9-19-31(29)38(32-20-10-8-18-30(32)37)27-23-24-33-35(25-27)41(28-15-5-2-6-16-28)39-34-21-11-12-22-36(34)42-40(33)39/h1-25H. The van der Waals surface area contributed by atoms with E-state index in [1.54, 1.807) is 0 Å². The summed E-state index contributed by atoms with van der Waals surface area (Å²) in [4.78, 5) is 0. The number of hydrogen-bond donors (Lipinski definition) is 0. The van der Waals surface area contributed by atoms with Crippen molar-refractivity contribution in [2.45, 2.75) is 0 Å². The lowest BCUT2D eigenvalue weighted by Crippen LogP contribution is -1.94. The van der Waals surface area contributed by atoms with Gasteiger partial charge in [-0.1, -0.05) is 127 Å². The van der Waals surface area contributed by atoms with Gasteiger partial charge >= 0.3 is 0 Å². The monoisotopic (exact) mass is 551 g/mol. The molecule has 2 heteroatoms. The molecule has 0 unspecified atom stereocenters. The normalized spacial score (nSPS) is 11.8. The van der Waals surface area contributed by atoms with Crippen molar-refractivity contribution in [1.82, 2.24) is 4.57 Å². The highest BCUT2D eigenvalue weighted by atomic mass is 32.1. The Kier molecular flexibility index (Phi) is 5.13. The van der Waals surface area contributed by atoms with Gasteiger partial charge in [-0.2, -0.15) is 0 Å². The lowest BCUT2D eigenvalue weighted by Gasteiger charge is -2.18. The van der Waals surface area contributed by atoms with Crippen LogP contribution in [0.15, 0.2) is 152 Å². The molecule has 0 spiro atoms. The topological polar surface area (TPSA) is 4.93 Å². The summed E-state index contributed by atoms with van der Waals surface area (Å²) in [6.07, 6.45) is 0. The van der Waals surface area contributed by atoms with Crippen LogP contribution in [0.1, 0.15) is 0 Å². The van der Waals surface area contributed by atoms with E-state index < -0.39 is 0 Å². The summed E-state index contributed by atoms with van der Waals surface area (Å²) in [6.45, 7) is 0. The summed E-state index contributed by atoms with van der Waals surface area (Å²) in [6, 6.07) is 55.3. The summed E-state index contributed by atoms with van der Waals surface area (Å²) in [5, 5.41) is 7.72. The van der Waals surface area contributed by atoms with Gasteiger partial charge in [-0.15, -0.1) is 11.3 Å². The number of benzene rings is 7. The Morgan fingerprint density at radius 1 is 0.405 bits per heavy atom. The molecule has 0 fully saturated rings. The van der Waals surface area contributed by atoms with Crippen LogP contribution in [-0.2, 0) is 0 Å². The zero-order valence-electron chi connectivity index (χ0n) is 22.8. The SMILES string of the molecule is c1ccc(-c2c3ccccc3c(-c3ccc4c5sc6ccccc6c5n(-c5ccccc5)c4c3)c3ccccc23)cc1. The van der Waals surface area contributed by atoms with Crippen LogP contribution in [0.2, 0.25) is 0 Å². The van der Waals surface area contributed by atoms with Gasteiger partial charge in [-0.25, -0.2) is 0 Å². The fourth-order valence-corrected chi connectivity index (χ4v) is 8.04. The maximum absolute atomic E-state index is 2.47. The first-order valence-corrected chi connectivity index (χ1v) is 15.2. The third-order valence-corrected chi connectivity index (χ3v) is 9.77. The molecule has 0 aliphatic carbocycles. The molecular formula is C40H25NS. The molecule has 0 N–H and O–H groups in total. The second kappa shape index (κ2) is 9.17. The zero-order valence-corrected chi connectivity index (χ0v) is 23.6. The molecular weight excluding hydrogens is 527 g/mol. The van der Waals surface area contributed by atoms with E-state index in [0.29, 0.717) is 0 Å². The Morgan fingerprint density at radius 2 is 0.929 bits per heavy atom. The zero-order chi connectivity index (χ0) is 27.6. The van der Waals surface area contributed by atoms with Crippen LogP contribution in [-0.4, -0.2) is 4.57 Å². The van der Waals surface area contributed by atoms with Crippen molar-refractivity contribution in [1.29, 1.82) is 0 Å². The van der Waals surface area contributed by atoms with Crippen LogP contribution in [0.25, 0.3) is 80.7 Å². The van der Waals surface area contributed by atoms with Crippen molar-refractivity contribution in [2.75, 3.05) is 0 Å². The minimum absolute atomic E-state index is 1.19. The molecule has 0 bridgehead atoms. The molecule has 0 aliphatic heterocycles. The molecule has 1 nitrogen and oxygen atoms in total. The minimum atomic E-state index is 1.19. The van der Waals surface area contributed by atoms with Gasteiger partial charge in [-0.3, -0.25) is 0 Å². The van der Waals surface area contributed by atoms with E-state index in [9.17, 15) is 0 Å². The predicted octanol–water partition coefficient (Wildman–Crippen LogP) is 11.6. The maximum atomic E-state index is 2.47. The van der Waals surface area contributed by atoms with E-state index >= 15 is 0 Å². The molecule has 2 aromatic heterocycles. The van der Waals surface area contributed by atoms with Crippen molar-refractivity contribution in [3.05, 3.63) is 152 Å². The molecule has 9 rings (SSSR count). The molecule has 42 heavy (non-hydrogen) atoms. The van der Waals surface area contributed by atoms with E-state index in [-0.39, 0.29) is 0 Å². The van der Waals surface area contributed by atoms with E-state index in [2.05, 4.69) is 156 Å². The average Bonchev–Trinajstić information content (AvgIpc) is 3.58. The number of para-hydroxylation sites is 1. The number of nitrogens with zero attached hydrogens (tertiary/aromatic N) is 1. The Bertz CT molecular complexity index is 2390. The first kappa shape index (κ1) is 23.5. The fourth-order valence-electron chi connectivity index (χ4n) is 6.82. The molecule has 9 aromatic rings. The van der Waals surface area contributed by atoms with Crippen molar-refractivity contribution >= 4 is 64.1 Å². The molecule has 7 aromatic carbocycles. The minimum Gasteiger partial charge on any atom is -0.308 e. The number of aromatic nitrogens is 1. The molecule has 2 heterocycles. The highest BCUT2D eigenvalue weighted by molar-refractivity contribution is 7.26. The second-order valence-electron chi connectivity index (χ2n) is 10.9. The van der Waals surface area contributed by atoms with Crippen LogP contribution < -0.4 is 0 Å². The van der Waals surface area contributed by atoms with Crippen molar-refractivity contribution in [3.8, 4) is 27.9 Å². The smallest absolute Gasteiger partial charge is 0.0727 e. The van der Waals surface area contributed by atoms with Crippen LogP contribution in [0.5, 0.6) is 0 Å². The Balaban J connectivity index is 1.42. The fraction of sp³-hybridized carbons (Fsp3) is 0. The van der Waals surface area contributed by atoms with Gasteiger partial charge in [0.05, 0.1) is 15.7 Å². The Morgan fingerprint density at radius 3 is 1.57 bits per heavy atom. The van der Waals surface area contributed by atoms with Crippen LogP contribution >= 0.6 is 11.3 Å². The largest absolute Gasteiger partial charge is 0.308 e. The third-order valence-electron chi connectivity index (χ3n) is 8.57. The third kappa shape index (κ3) is 3.36. The van der Waals surface area contributed by atoms with E-state index in [0.717, 1.165) is 0 Å². The second-order valence-corrected chi connectivity index (χ2v) is 11.9. The Hall–Kier alpha value is -5.18. The summed E-state index contributed by atoms with van der Waals surface area (Å²) in [5.41, 5.74) is 8.79. The molecule has 0 saturated heterocycles. The number of fused-ring (bicyclic) bond motifs is 7. The molecule has 0 saturated carbocycles. The van der Waals surface area contributed by atoms with Gasteiger partial charge in [0.15, 0.2) is 0 Å².